The molecule has 0 aliphatic carbocycles. The van der Waals surface area contributed by atoms with E-state index in [0.29, 0.717) is 18.5 Å². The van der Waals surface area contributed by atoms with E-state index in [-0.39, 0.29) is 36.0 Å². The first-order valence-corrected chi connectivity index (χ1v) is 6.98. The number of halogens is 3. The molecular weight excluding hydrogens is 353 g/mol. The fourth-order valence-corrected chi connectivity index (χ4v) is 3.23. The first-order chi connectivity index (χ1) is 11.4. The largest absolute Gasteiger partial charge is 0.490 e. The number of hydrogen-bond acceptors (Lipinski definition) is 5. The number of rotatable bonds is 3. The average molecular weight is 366 g/mol. The molecule has 1 amide bonds. The Morgan fingerprint density at radius 2 is 1.76 bits per heavy atom. The summed E-state index contributed by atoms with van der Waals surface area (Å²) in [5.74, 6) is -5.18. The molecule has 2 saturated heterocycles. The molecular formula is C13H13F3N2O7. The van der Waals surface area contributed by atoms with Crippen molar-refractivity contribution in [3.63, 3.8) is 0 Å². The zero-order valence-corrected chi connectivity index (χ0v) is 12.4. The minimum absolute atomic E-state index is 0.110. The molecule has 2 fully saturated rings. The number of amides is 1. The molecule has 3 aliphatic heterocycles. The van der Waals surface area contributed by atoms with Crippen molar-refractivity contribution in [2.45, 2.75) is 31.1 Å². The summed E-state index contributed by atoms with van der Waals surface area (Å²) in [4.78, 5) is 44.0. The average Bonchev–Trinajstić information content (AvgIpc) is 2.85. The van der Waals surface area contributed by atoms with Gasteiger partial charge in [-0.15, -0.1) is 0 Å². The van der Waals surface area contributed by atoms with E-state index in [4.69, 9.17) is 15.0 Å². The summed E-state index contributed by atoms with van der Waals surface area (Å²) in [5, 5.41) is 28.2. The molecule has 3 atom stereocenters. The van der Waals surface area contributed by atoms with Gasteiger partial charge in [-0.1, -0.05) is 0 Å². The maximum atomic E-state index is 11.8. The maximum absolute atomic E-state index is 11.8. The lowest BCUT2D eigenvalue weighted by Gasteiger charge is -2.48. The highest BCUT2D eigenvalue weighted by molar-refractivity contribution is 6.01. The smallest absolute Gasteiger partial charge is 0.481 e. The molecule has 3 aliphatic rings. The zero-order chi connectivity index (χ0) is 19.1. The molecule has 9 nitrogen and oxygen atoms in total. The van der Waals surface area contributed by atoms with Crippen LogP contribution in [0.3, 0.4) is 0 Å². The van der Waals surface area contributed by atoms with Gasteiger partial charge in [-0.25, -0.2) is 9.59 Å². The Hall–Kier alpha value is -2.63. The predicted octanol–water partition coefficient (Wildman–Crippen LogP) is -0.364. The van der Waals surface area contributed by atoms with Gasteiger partial charge in [0.05, 0.1) is 12.5 Å². The maximum Gasteiger partial charge on any atom is 0.490 e. The van der Waals surface area contributed by atoms with E-state index in [2.05, 4.69) is 5.32 Å². The van der Waals surface area contributed by atoms with E-state index in [1.54, 1.807) is 0 Å². The van der Waals surface area contributed by atoms with Crippen molar-refractivity contribution < 1.29 is 47.7 Å². The molecule has 25 heavy (non-hydrogen) atoms. The third-order valence-corrected chi connectivity index (χ3v) is 4.12. The van der Waals surface area contributed by atoms with Gasteiger partial charge in [-0.3, -0.25) is 14.5 Å². The fourth-order valence-electron chi connectivity index (χ4n) is 3.23. The number of nitrogens with one attached hydrogen (secondary N) is 1. The van der Waals surface area contributed by atoms with E-state index in [0.717, 1.165) is 0 Å². The van der Waals surface area contributed by atoms with Crippen molar-refractivity contribution >= 4 is 23.8 Å². The van der Waals surface area contributed by atoms with Gasteiger partial charge < -0.3 is 20.6 Å². The highest BCUT2D eigenvalue weighted by Gasteiger charge is 2.59. The van der Waals surface area contributed by atoms with Crippen LogP contribution in [0.15, 0.2) is 11.3 Å². The van der Waals surface area contributed by atoms with Gasteiger partial charge in [0.2, 0.25) is 5.91 Å². The van der Waals surface area contributed by atoms with Crippen LogP contribution in [-0.2, 0) is 19.2 Å². The van der Waals surface area contributed by atoms with Gasteiger partial charge in [-0.05, 0) is 17.9 Å². The van der Waals surface area contributed by atoms with Crippen LogP contribution in [0, 0.1) is 5.92 Å². The highest BCUT2D eigenvalue weighted by Crippen LogP contribution is 2.43. The number of carboxylic acids is 3. The van der Waals surface area contributed by atoms with Crippen LogP contribution in [-0.4, -0.2) is 68.8 Å². The van der Waals surface area contributed by atoms with Crippen molar-refractivity contribution in [2.75, 3.05) is 6.54 Å². The Morgan fingerprint density at radius 1 is 1.20 bits per heavy atom. The quantitative estimate of drug-likeness (QED) is 0.496. The lowest BCUT2D eigenvalue weighted by molar-refractivity contribution is -0.192. The number of aliphatic carboxylic acids is 3. The second-order valence-electron chi connectivity index (χ2n) is 5.68. The molecule has 0 aromatic carbocycles. The molecule has 0 radical (unpaired) electrons. The lowest BCUT2D eigenvalue weighted by Crippen LogP contribution is -2.68. The monoisotopic (exact) mass is 366 g/mol. The van der Waals surface area contributed by atoms with Crippen molar-refractivity contribution in [3.8, 4) is 0 Å². The number of hydrogen-bond donors (Lipinski definition) is 4. The summed E-state index contributed by atoms with van der Waals surface area (Å²) in [6.45, 7) is 0.633. The van der Waals surface area contributed by atoms with Crippen LogP contribution in [0.5, 0.6) is 0 Å². The molecule has 3 rings (SSSR count). The first-order valence-electron chi connectivity index (χ1n) is 6.98. The molecule has 3 heterocycles. The van der Waals surface area contributed by atoms with E-state index >= 15 is 0 Å². The van der Waals surface area contributed by atoms with Gasteiger partial charge in [0.25, 0.3) is 0 Å². The molecule has 138 valence electrons. The topological polar surface area (TPSA) is 144 Å². The van der Waals surface area contributed by atoms with Gasteiger partial charge >= 0.3 is 24.1 Å². The van der Waals surface area contributed by atoms with Gasteiger partial charge in [0, 0.05) is 6.54 Å². The zero-order valence-electron chi connectivity index (χ0n) is 12.4. The van der Waals surface area contributed by atoms with Crippen molar-refractivity contribution in [3.05, 3.63) is 11.3 Å². The summed E-state index contributed by atoms with van der Waals surface area (Å²) < 4.78 is 31.7. The Bertz CT molecular complexity index is 673. The number of alkyl halides is 3. The van der Waals surface area contributed by atoms with Gasteiger partial charge in [-0.2, -0.15) is 13.2 Å². The molecule has 12 heteroatoms. The molecule has 0 saturated carbocycles. The standard InChI is InChI=1S/C11H12N2O5.C2HF3O2/c14-6(15)2-4-1-5-3-12-7-8(5)13(10(7)16)9(4)11(17)18;3-2(4,5)1(6)7/h5,7-8,12H,1-3H2,(H,14,15)(H,17,18);(H,6,7)/t5-,7+,8-;/m1./s1. The molecule has 4 N–H and O–H groups in total. The second-order valence-corrected chi connectivity index (χ2v) is 5.68. The van der Waals surface area contributed by atoms with Crippen LogP contribution in [0.2, 0.25) is 0 Å². The van der Waals surface area contributed by atoms with Crippen LogP contribution in [0.4, 0.5) is 13.2 Å². The predicted molar refractivity (Wildman–Crippen MR) is 71.1 cm³/mol. The number of carbonyl (C=O) groups excluding carboxylic acids is 1. The summed E-state index contributed by atoms with van der Waals surface area (Å²) >= 11 is 0. The first kappa shape index (κ1) is 18.7. The lowest BCUT2D eigenvalue weighted by atomic mass is 9.78. The Labute approximate surface area is 137 Å². The minimum Gasteiger partial charge on any atom is -0.481 e. The fraction of sp³-hybridized carbons (Fsp3) is 0.538. The van der Waals surface area contributed by atoms with Crippen molar-refractivity contribution in [1.82, 2.24) is 10.2 Å². The van der Waals surface area contributed by atoms with Gasteiger partial charge in [0.1, 0.15) is 11.7 Å². The molecule has 0 aromatic heterocycles. The Kier molecular flexibility index (Phi) is 4.75. The van der Waals surface area contributed by atoms with E-state index in [1.807, 2.05) is 0 Å². The number of β-lactam (4-membered cyclic amide) rings is 1. The molecule has 0 aromatic rings. The van der Waals surface area contributed by atoms with Crippen LogP contribution in [0.25, 0.3) is 0 Å². The van der Waals surface area contributed by atoms with Gasteiger partial charge in [0.15, 0.2) is 0 Å². The summed E-state index contributed by atoms with van der Waals surface area (Å²) in [6, 6.07) is -0.392. The van der Waals surface area contributed by atoms with E-state index in [1.165, 1.54) is 4.90 Å². The van der Waals surface area contributed by atoms with Crippen molar-refractivity contribution in [1.29, 1.82) is 0 Å². The highest BCUT2D eigenvalue weighted by atomic mass is 19.4. The normalized spacial score (nSPS) is 27.1. The number of carbonyl (C=O) groups is 4. The third-order valence-electron chi connectivity index (χ3n) is 4.12. The summed E-state index contributed by atoms with van der Waals surface area (Å²) in [6.07, 6.45) is -4.97. The minimum atomic E-state index is -5.08. The second kappa shape index (κ2) is 6.35. The summed E-state index contributed by atoms with van der Waals surface area (Å²) in [5.41, 5.74) is 0.218. The Morgan fingerprint density at radius 3 is 2.20 bits per heavy atom. The van der Waals surface area contributed by atoms with Crippen molar-refractivity contribution in [2.24, 2.45) is 5.92 Å². The number of carboxylic acid groups (broad SMARTS) is 3. The SMILES string of the molecule is O=C(O)C(F)(F)F.O=C(O)CC1=C(C(=O)O)N2C(=O)[C@H]3NC[C@@H](C1)[C@H]32. The van der Waals surface area contributed by atoms with Crippen LogP contribution >= 0.6 is 0 Å². The molecule has 0 spiro atoms. The summed E-state index contributed by atoms with van der Waals surface area (Å²) in [7, 11) is 0. The molecule has 0 bridgehead atoms. The van der Waals surface area contributed by atoms with E-state index < -0.39 is 24.1 Å². The van der Waals surface area contributed by atoms with Crippen LogP contribution < -0.4 is 5.32 Å². The number of nitrogens with zero attached hydrogens (tertiary/aromatic N) is 1. The van der Waals surface area contributed by atoms with E-state index in [9.17, 15) is 32.7 Å². The van der Waals surface area contributed by atoms with Crippen LogP contribution in [0.1, 0.15) is 12.8 Å². The Balaban J connectivity index is 0.000000277. The third kappa shape index (κ3) is 3.43. The molecule has 0 unspecified atom stereocenters.